The van der Waals surface area contributed by atoms with Crippen molar-refractivity contribution in [2.75, 3.05) is 39.6 Å². The number of allylic oxidation sites excluding steroid dienone is 21. The zero-order chi connectivity index (χ0) is 74.6. The zero-order valence-corrected chi connectivity index (χ0v) is 65.5. The number of ether oxygens (including phenoxy) is 4. The lowest BCUT2D eigenvalue weighted by molar-refractivity contribution is -0.161. The van der Waals surface area contributed by atoms with E-state index in [2.05, 4.69) is 137 Å². The zero-order valence-electron chi connectivity index (χ0n) is 63.7. The second-order valence-electron chi connectivity index (χ2n) is 25.9. The summed E-state index contributed by atoms with van der Waals surface area (Å²) in [5.41, 5.74) is 0. The van der Waals surface area contributed by atoms with Crippen LogP contribution in [0.2, 0.25) is 0 Å². The first-order valence-electron chi connectivity index (χ1n) is 39.4. The molecule has 0 aromatic rings. The van der Waals surface area contributed by atoms with Gasteiger partial charge in [-0.05, 0) is 116 Å². The third-order valence-corrected chi connectivity index (χ3v) is 18.1. The maximum atomic E-state index is 13.1. The van der Waals surface area contributed by atoms with E-state index in [1.807, 2.05) is 18.2 Å². The number of carbonyl (C=O) groups is 4. The van der Waals surface area contributed by atoms with Crippen LogP contribution in [0.3, 0.4) is 0 Å². The predicted octanol–water partition coefficient (Wildman–Crippen LogP) is 22.9. The van der Waals surface area contributed by atoms with Gasteiger partial charge in [-0.1, -0.05) is 303 Å². The first kappa shape index (κ1) is 97.2. The fourth-order valence-electron chi connectivity index (χ4n) is 10.3. The molecule has 0 aromatic carbocycles. The van der Waals surface area contributed by atoms with E-state index in [1.54, 1.807) is 6.08 Å². The number of phosphoric ester groups is 2. The minimum absolute atomic E-state index is 0.0685. The summed E-state index contributed by atoms with van der Waals surface area (Å²) in [5, 5.41) is 10.6. The molecule has 5 unspecified atom stereocenters. The Hall–Kier alpha value is -4.80. The number of unbranched alkanes of at least 4 members (excludes halogenated alkanes) is 26. The van der Waals surface area contributed by atoms with Crippen molar-refractivity contribution in [1.29, 1.82) is 0 Å². The van der Waals surface area contributed by atoms with E-state index < -0.39 is 97.5 Å². The third kappa shape index (κ3) is 73.5. The van der Waals surface area contributed by atoms with Crippen molar-refractivity contribution in [2.45, 2.75) is 329 Å². The summed E-state index contributed by atoms with van der Waals surface area (Å²) in [7, 11) is -9.99. The van der Waals surface area contributed by atoms with E-state index in [4.69, 9.17) is 37.0 Å². The molecule has 0 aliphatic carbocycles. The smallest absolute Gasteiger partial charge is 0.462 e. The normalized spacial score (nSPS) is 14.6. The average molecular weight is 1470 g/mol. The van der Waals surface area contributed by atoms with Gasteiger partial charge in [0.05, 0.1) is 32.8 Å². The molecule has 0 heterocycles. The van der Waals surface area contributed by atoms with Gasteiger partial charge in [0, 0.05) is 19.3 Å². The molecule has 0 saturated heterocycles. The summed E-state index contributed by atoms with van der Waals surface area (Å²) in [6.45, 7) is 4.41. The van der Waals surface area contributed by atoms with Gasteiger partial charge in [-0.15, -0.1) is 0 Å². The van der Waals surface area contributed by atoms with Gasteiger partial charge in [-0.25, -0.2) is 9.13 Å². The van der Waals surface area contributed by atoms with Crippen LogP contribution in [0.25, 0.3) is 0 Å². The van der Waals surface area contributed by atoms with Crippen molar-refractivity contribution >= 4 is 39.5 Å². The van der Waals surface area contributed by atoms with E-state index >= 15 is 0 Å². The fraction of sp³-hybridized carbons (Fsp3) is 0.687. The van der Waals surface area contributed by atoms with Gasteiger partial charge in [-0.2, -0.15) is 0 Å². The molecule has 17 nitrogen and oxygen atoms in total. The standard InChI is InChI=1S/C83H140O17P2/c1-5-9-13-17-21-25-29-33-37-38-42-44-48-52-56-60-64-68-81(86)94-74-79(100-83(88)70-66-62-58-54-50-46-41-36-32-28-24-20-16-12-8-4)76-98-102(91,92)96-72-77(84)71-95-101(89,90)97-75-78(99-82(87)69-65-61-57-53-49-45-40-35-31-27-23-19-15-11-7-3)73-93-80(85)67-63-59-55-51-47-43-39-34-30-26-22-18-14-10-6-2/h9-10,12-14,16,21-22,24-26,28,33-34,36-37,39,41,47,51,59,63,77-79,84H,5-8,11,15,17-20,23,27,29-32,35,38,40,42-46,48-50,52-58,60-62,64-76H2,1-4H3,(H,89,90)(H,91,92)/b13-9-,14-10-,16-12-,25-21-,26-22-,28-24-,37-33-,39-34-,41-36-,51-47-,63-59-. The molecule has 3 N–H and O–H groups in total. The Morgan fingerprint density at radius 2 is 0.549 bits per heavy atom. The van der Waals surface area contributed by atoms with E-state index in [-0.39, 0.29) is 25.7 Å². The van der Waals surface area contributed by atoms with Crippen molar-refractivity contribution in [3.63, 3.8) is 0 Å². The summed E-state index contributed by atoms with van der Waals surface area (Å²) in [6.07, 6.45) is 83.2. The van der Waals surface area contributed by atoms with Crippen molar-refractivity contribution in [2.24, 2.45) is 0 Å². The molecule has 0 rings (SSSR count). The molecule has 0 saturated carbocycles. The number of phosphoric acid groups is 2. The molecule has 0 aliphatic rings. The molecule has 0 fully saturated rings. The van der Waals surface area contributed by atoms with Crippen LogP contribution >= 0.6 is 15.6 Å². The summed E-state index contributed by atoms with van der Waals surface area (Å²) in [6, 6.07) is 0. The molecule has 0 amide bonds. The van der Waals surface area contributed by atoms with E-state index in [0.717, 1.165) is 167 Å². The first-order valence-corrected chi connectivity index (χ1v) is 42.4. The van der Waals surface area contributed by atoms with Crippen LogP contribution in [0.4, 0.5) is 0 Å². The maximum absolute atomic E-state index is 13.1. The summed E-state index contributed by atoms with van der Waals surface area (Å²) in [5.74, 6) is -2.35. The lowest BCUT2D eigenvalue weighted by Crippen LogP contribution is -2.30. The molecule has 19 heteroatoms. The average Bonchev–Trinajstić information content (AvgIpc) is 0.926. The fourth-order valence-corrected chi connectivity index (χ4v) is 11.8. The molecule has 5 atom stereocenters. The topological polar surface area (TPSA) is 237 Å². The Morgan fingerprint density at radius 3 is 0.873 bits per heavy atom. The van der Waals surface area contributed by atoms with Gasteiger partial charge >= 0.3 is 39.5 Å². The lowest BCUT2D eigenvalue weighted by Gasteiger charge is -2.21. The Kier molecular flexibility index (Phi) is 71.0. The molecule has 0 aliphatic heterocycles. The number of aliphatic hydroxyl groups is 1. The highest BCUT2D eigenvalue weighted by Crippen LogP contribution is 2.45. The van der Waals surface area contributed by atoms with Crippen molar-refractivity contribution < 1.29 is 80.2 Å². The van der Waals surface area contributed by atoms with Gasteiger partial charge in [0.15, 0.2) is 12.2 Å². The van der Waals surface area contributed by atoms with Crippen molar-refractivity contribution in [1.82, 2.24) is 0 Å². The Bertz CT molecular complexity index is 2460. The number of rotatable bonds is 73. The Labute approximate surface area is 618 Å². The monoisotopic (exact) mass is 1470 g/mol. The van der Waals surface area contributed by atoms with Crippen LogP contribution < -0.4 is 0 Å². The van der Waals surface area contributed by atoms with Crippen LogP contribution in [0, 0.1) is 0 Å². The van der Waals surface area contributed by atoms with Gasteiger partial charge in [0.1, 0.15) is 19.3 Å². The number of carbonyl (C=O) groups excluding carboxylic acids is 4. The van der Waals surface area contributed by atoms with Crippen molar-refractivity contribution in [3.8, 4) is 0 Å². The van der Waals surface area contributed by atoms with Crippen LogP contribution in [0.1, 0.15) is 310 Å². The first-order chi connectivity index (χ1) is 49.7. The molecule has 0 bridgehead atoms. The highest BCUT2D eigenvalue weighted by Gasteiger charge is 2.30. The number of aliphatic hydroxyl groups excluding tert-OH is 1. The highest BCUT2D eigenvalue weighted by molar-refractivity contribution is 7.47. The largest absolute Gasteiger partial charge is 0.472 e. The quantitative estimate of drug-likeness (QED) is 0.0169. The minimum Gasteiger partial charge on any atom is -0.462 e. The molecular formula is C83H140O17P2. The second kappa shape index (κ2) is 74.5. The molecular weight excluding hydrogens is 1330 g/mol. The maximum Gasteiger partial charge on any atom is 0.472 e. The summed E-state index contributed by atoms with van der Waals surface area (Å²) >= 11 is 0. The lowest BCUT2D eigenvalue weighted by atomic mass is 10.0. The van der Waals surface area contributed by atoms with Crippen LogP contribution in [-0.2, 0) is 65.4 Å². The summed E-state index contributed by atoms with van der Waals surface area (Å²) in [4.78, 5) is 72.9. The number of esters is 4. The molecule has 584 valence electrons. The van der Waals surface area contributed by atoms with Gasteiger partial charge in [0.2, 0.25) is 0 Å². The number of hydrogen-bond acceptors (Lipinski definition) is 15. The van der Waals surface area contributed by atoms with Crippen LogP contribution in [0.5, 0.6) is 0 Å². The molecule has 0 spiro atoms. The van der Waals surface area contributed by atoms with Gasteiger partial charge in [0.25, 0.3) is 0 Å². The Balaban J connectivity index is 5.43. The molecule has 102 heavy (non-hydrogen) atoms. The molecule has 0 aromatic heterocycles. The van der Waals surface area contributed by atoms with E-state index in [1.165, 1.54) is 64.2 Å². The van der Waals surface area contributed by atoms with Crippen molar-refractivity contribution in [3.05, 3.63) is 134 Å². The van der Waals surface area contributed by atoms with Gasteiger partial charge < -0.3 is 33.8 Å². The Morgan fingerprint density at radius 1 is 0.294 bits per heavy atom. The minimum atomic E-state index is -5.00. The van der Waals surface area contributed by atoms with Gasteiger partial charge in [-0.3, -0.25) is 37.3 Å². The van der Waals surface area contributed by atoms with E-state index in [9.17, 15) is 43.2 Å². The van der Waals surface area contributed by atoms with E-state index in [0.29, 0.717) is 25.7 Å². The second-order valence-corrected chi connectivity index (χ2v) is 28.8. The SMILES string of the molecule is CC/C=C\C/C=C\C/C=C\C/C=C\C/C=C\CC(=O)OCC(COP(=O)(O)OCC(O)COP(=O)(O)OCC(COC(=O)CCCCCCCCC/C=C\C/C=C\C/C=C\CC)OC(=O)CCCCCCC/C=C\C/C=C\C/C=C\CC)OC(=O)CCCCCCCCCCCCCCCCC. The highest BCUT2D eigenvalue weighted by atomic mass is 31.2. The van der Waals surface area contributed by atoms with Crippen LogP contribution in [0.15, 0.2) is 134 Å². The molecule has 0 radical (unpaired) electrons. The third-order valence-electron chi connectivity index (χ3n) is 16.2. The summed E-state index contributed by atoms with van der Waals surface area (Å²) < 4.78 is 68.5. The van der Waals surface area contributed by atoms with Crippen LogP contribution in [-0.4, -0.2) is 96.7 Å². The predicted molar refractivity (Wildman–Crippen MR) is 418 cm³/mol. The number of hydrogen-bond donors (Lipinski definition) is 3.